The van der Waals surface area contributed by atoms with E-state index >= 15 is 0 Å². The third-order valence-corrected chi connectivity index (χ3v) is 3.88. The molecule has 1 saturated heterocycles. The van der Waals surface area contributed by atoms with Crippen molar-refractivity contribution in [1.82, 2.24) is 14.8 Å². The smallest absolute Gasteiger partial charge is 0.257 e. The molecule has 1 aromatic heterocycles. The van der Waals surface area contributed by atoms with Gasteiger partial charge in [0.05, 0.1) is 11.8 Å². The Hall–Kier alpha value is -1.66. The van der Waals surface area contributed by atoms with Gasteiger partial charge in [0.15, 0.2) is 0 Å². The summed E-state index contributed by atoms with van der Waals surface area (Å²) < 4.78 is 0. The molecule has 0 radical (unpaired) electrons. The van der Waals surface area contributed by atoms with Gasteiger partial charge in [-0.25, -0.2) is 0 Å². The maximum absolute atomic E-state index is 12.5. The molecule has 0 aliphatic carbocycles. The van der Waals surface area contributed by atoms with Crippen LogP contribution in [-0.4, -0.2) is 65.1 Å². The summed E-state index contributed by atoms with van der Waals surface area (Å²) in [6.45, 7) is 7.02. The molecule has 6 nitrogen and oxygen atoms in total. The van der Waals surface area contributed by atoms with Gasteiger partial charge in [0, 0.05) is 32.4 Å². The molecule has 6 heteroatoms. The Labute approximate surface area is 125 Å². The molecule has 2 rings (SSSR count). The van der Waals surface area contributed by atoms with Crippen LogP contribution in [0.15, 0.2) is 18.5 Å². The zero-order chi connectivity index (χ0) is 15.2. The SMILES string of the molecule is CC(CN)CN1CCCN(C(=O)c2ccncc2O)CC1. The predicted molar refractivity (Wildman–Crippen MR) is 81.1 cm³/mol. The number of carbonyl (C=O) groups is 1. The third kappa shape index (κ3) is 4.15. The summed E-state index contributed by atoms with van der Waals surface area (Å²) in [6.07, 6.45) is 3.77. The normalized spacial score (nSPS) is 18.3. The molecule has 1 atom stereocenters. The van der Waals surface area contributed by atoms with Crippen molar-refractivity contribution < 1.29 is 9.90 Å². The zero-order valence-corrected chi connectivity index (χ0v) is 12.5. The van der Waals surface area contributed by atoms with Crippen LogP contribution in [0.1, 0.15) is 23.7 Å². The molecule has 1 aliphatic heterocycles. The van der Waals surface area contributed by atoms with Gasteiger partial charge in [-0.1, -0.05) is 6.92 Å². The van der Waals surface area contributed by atoms with Crippen LogP contribution in [0.4, 0.5) is 0 Å². The summed E-state index contributed by atoms with van der Waals surface area (Å²) in [7, 11) is 0. The second-order valence-corrected chi connectivity index (χ2v) is 5.68. The first-order valence-electron chi connectivity index (χ1n) is 7.46. The highest BCUT2D eigenvalue weighted by Crippen LogP contribution is 2.17. The molecule has 1 unspecified atom stereocenters. The molecule has 3 N–H and O–H groups in total. The molecule has 1 aliphatic rings. The van der Waals surface area contributed by atoms with Gasteiger partial charge < -0.3 is 20.6 Å². The van der Waals surface area contributed by atoms with Crippen LogP contribution >= 0.6 is 0 Å². The largest absolute Gasteiger partial charge is 0.505 e. The van der Waals surface area contributed by atoms with Gasteiger partial charge >= 0.3 is 0 Å². The Morgan fingerprint density at radius 3 is 2.95 bits per heavy atom. The van der Waals surface area contributed by atoms with Crippen molar-refractivity contribution in [3.63, 3.8) is 0 Å². The molecular formula is C15H24N4O2. The van der Waals surface area contributed by atoms with Gasteiger partial charge in [0.1, 0.15) is 5.75 Å². The fraction of sp³-hybridized carbons (Fsp3) is 0.600. The zero-order valence-electron chi connectivity index (χ0n) is 12.5. The fourth-order valence-corrected chi connectivity index (χ4v) is 2.61. The Balaban J connectivity index is 1.97. The third-order valence-electron chi connectivity index (χ3n) is 3.88. The summed E-state index contributed by atoms with van der Waals surface area (Å²) in [5, 5.41) is 9.75. The lowest BCUT2D eigenvalue weighted by Gasteiger charge is -2.24. The molecule has 1 fully saturated rings. The van der Waals surface area contributed by atoms with Crippen molar-refractivity contribution in [3.8, 4) is 5.75 Å². The monoisotopic (exact) mass is 292 g/mol. The Bertz CT molecular complexity index is 480. The topological polar surface area (TPSA) is 82.7 Å². The van der Waals surface area contributed by atoms with E-state index in [1.165, 1.54) is 12.4 Å². The van der Waals surface area contributed by atoms with E-state index < -0.39 is 0 Å². The maximum atomic E-state index is 12.5. The van der Waals surface area contributed by atoms with E-state index in [-0.39, 0.29) is 11.7 Å². The lowest BCUT2D eigenvalue weighted by Crippen LogP contribution is -2.37. The lowest BCUT2D eigenvalue weighted by atomic mass is 10.1. The maximum Gasteiger partial charge on any atom is 0.257 e. The predicted octanol–water partition coefficient (Wildman–Crippen LogP) is 0.530. The average Bonchev–Trinajstić information content (AvgIpc) is 2.72. The van der Waals surface area contributed by atoms with Crippen molar-refractivity contribution in [2.45, 2.75) is 13.3 Å². The minimum Gasteiger partial charge on any atom is -0.505 e. The molecule has 0 spiro atoms. The number of pyridine rings is 1. The summed E-state index contributed by atoms with van der Waals surface area (Å²) in [4.78, 5) is 20.4. The molecule has 2 heterocycles. The first-order valence-corrected chi connectivity index (χ1v) is 7.46. The van der Waals surface area contributed by atoms with E-state index in [9.17, 15) is 9.90 Å². The number of nitrogens with zero attached hydrogens (tertiary/aromatic N) is 3. The van der Waals surface area contributed by atoms with Crippen molar-refractivity contribution in [2.24, 2.45) is 11.7 Å². The van der Waals surface area contributed by atoms with E-state index in [1.54, 1.807) is 6.07 Å². The minimum absolute atomic E-state index is 0.0552. The van der Waals surface area contributed by atoms with E-state index in [4.69, 9.17) is 5.73 Å². The fourth-order valence-electron chi connectivity index (χ4n) is 2.61. The van der Waals surface area contributed by atoms with Gasteiger partial charge in [-0.2, -0.15) is 0 Å². The van der Waals surface area contributed by atoms with Gasteiger partial charge in [0.2, 0.25) is 0 Å². The molecule has 116 valence electrons. The van der Waals surface area contributed by atoms with Gasteiger partial charge in [-0.15, -0.1) is 0 Å². The van der Waals surface area contributed by atoms with Crippen molar-refractivity contribution in [3.05, 3.63) is 24.0 Å². The standard InChI is InChI=1S/C15H24N4O2/c1-12(9-16)11-18-5-2-6-19(8-7-18)15(21)13-3-4-17-10-14(13)20/h3-4,10,12,20H,2,5-9,11,16H2,1H3. The van der Waals surface area contributed by atoms with Crippen LogP contribution < -0.4 is 5.73 Å². The second kappa shape index (κ2) is 7.38. The number of aromatic nitrogens is 1. The number of hydrogen-bond donors (Lipinski definition) is 2. The first kappa shape index (κ1) is 15.7. The molecule has 1 aromatic rings. The highest BCUT2D eigenvalue weighted by atomic mass is 16.3. The van der Waals surface area contributed by atoms with Gasteiger partial charge in [-0.05, 0) is 31.5 Å². The quantitative estimate of drug-likeness (QED) is 0.846. The summed E-state index contributed by atoms with van der Waals surface area (Å²) in [6, 6.07) is 1.57. The molecule has 0 aromatic carbocycles. The number of carbonyl (C=O) groups excluding carboxylic acids is 1. The van der Waals surface area contributed by atoms with Crippen molar-refractivity contribution in [2.75, 3.05) is 39.3 Å². The van der Waals surface area contributed by atoms with Crippen LogP contribution in [0.25, 0.3) is 0 Å². The molecular weight excluding hydrogens is 268 g/mol. The minimum atomic E-state index is -0.122. The van der Waals surface area contributed by atoms with Crippen molar-refractivity contribution >= 4 is 5.91 Å². The molecule has 1 amide bonds. The summed E-state index contributed by atoms with van der Waals surface area (Å²) in [5.41, 5.74) is 6.00. The number of aromatic hydroxyl groups is 1. The van der Waals surface area contributed by atoms with Crippen LogP contribution in [0.3, 0.4) is 0 Å². The van der Waals surface area contributed by atoms with Gasteiger partial charge in [0.25, 0.3) is 5.91 Å². The van der Waals surface area contributed by atoms with Crippen LogP contribution in [0, 0.1) is 5.92 Å². The number of amides is 1. The van der Waals surface area contributed by atoms with E-state index in [0.29, 0.717) is 31.1 Å². The van der Waals surface area contributed by atoms with E-state index in [1.807, 2.05) is 4.90 Å². The number of hydrogen-bond acceptors (Lipinski definition) is 5. The van der Waals surface area contributed by atoms with Crippen LogP contribution in [-0.2, 0) is 0 Å². The van der Waals surface area contributed by atoms with Crippen LogP contribution in [0.5, 0.6) is 5.75 Å². The number of rotatable bonds is 4. The number of nitrogens with two attached hydrogens (primary N) is 1. The Kier molecular flexibility index (Phi) is 5.52. The molecule has 0 saturated carbocycles. The summed E-state index contributed by atoms with van der Waals surface area (Å²) in [5.74, 6) is 0.292. The van der Waals surface area contributed by atoms with Crippen LogP contribution in [0.2, 0.25) is 0 Å². The van der Waals surface area contributed by atoms with E-state index in [0.717, 1.165) is 26.1 Å². The van der Waals surface area contributed by atoms with E-state index in [2.05, 4.69) is 16.8 Å². The Morgan fingerprint density at radius 2 is 2.24 bits per heavy atom. The van der Waals surface area contributed by atoms with Crippen molar-refractivity contribution in [1.29, 1.82) is 0 Å². The van der Waals surface area contributed by atoms with Gasteiger partial charge in [-0.3, -0.25) is 9.78 Å². The average molecular weight is 292 g/mol. The molecule has 21 heavy (non-hydrogen) atoms. The second-order valence-electron chi connectivity index (χ2n) is 5.68. The lowest BCUT2D eigenvalue weighted by molar-refractivity contribution is 0.0757. The molecule has 0 bridgehead atoms. The highest BCUT2D eigenvalue weighted by molar-refractivity contribution is 5.96. The highest BCUT2D eigenvalue weighted by Gasteiger charge is 2.22. The first-order chi connectivity index (χ1) is 10.1. The Morgan fingerprint density at radius 1 is 1.43 bits per heavy atom. The summed E-state index contributed by atoms with van der Waals surface area (Å²) >= 11 is 0.